The molecule has 1 aromatic carbocycles. The van der Waals surface area contributed by atoms with E-state index in [-0.39, 0.29) is 5.52 Å². The first-order chi connectivity index (χ1) is 13.2. The summed E-state index contributed by atoms with van der Waals surface area (Å²) in [5, 5.41) is 0. The summed E-state index contributed by atoms with van der Waals surface area (Å²) in [6.45, 7) is 0. The van der Waals surface area contributed by atoms with E-state index in [1.807, 2.05) is 0 Å². The molecule has 2 rings (SSSR count). The lowest BCUT2D eigenvalue weighted by Crippen LogP contribution is -2.69. The lowest BCUT2D eigenvalue weighted by molar-refractivity contribution is -0.442. The van der Waals surface area contributed by atoms with E-state index in [9.17, 15) is 57.1 Å². The van der Waals surface area contributed by atoms with Crippen LogP contribution in [0.3, 0.4) is 0 Å². The maximum absolute atomic E-state index is 14.2. The quantitative estimate of drug-likeness (QED) is 0.304. The number of para-hydroxylation sites is 2. The minimum atomic E-state index is -7.96. The monoisotopic (exact) mass is 574 g/mol. The molecule has 0 aliphatic heterocycles. The van der Waals surface area contributed by atoms with Crippen LogP contribution in [-0.4, -0.2) is 39.8 Å². The van der Waals surface area contributed by atoms with Gasteiger partial charge >= 0.3 is 35.8 Å². The van der Waals surface area contributed by atoms with Crippen LogP contribution in [0.5, 0.6) is 0 Å². The van der Waals surface area contributed by atoms with E-state index in [1.54, 1.807) is 0 Å². The van der Waals surface area contributed by atoms with Crippen LogP contribution in [0.4, 0.5) is 57.1 Å². The van der Waals surface area contributed by atoms with E-state index in [0.717, 1.165) is 40.8 Å². The van der Waals surface area contributed by atoms with Gasteiger partial charge in [0.05, 0.1) is 11.0 Å². The second-order valence-corrected chi connectivity index (χ2v) is 6.74. The molecule has 0 unspecified atom stereocenters. The third-order valence-corrected chi connectivity index (χ3v) is 4.51. The van der Waals surface area contributed by atoms with Crippen molar-refractivity contribution in [2.24, 2.45) is 0 Å². The Kier molecular flexibility index (Phi) is 5.71. The summed E-state index contributed by atoms with van der Waals surface area (Å²) in [6, 6.07) is 4.42. The van der Waals surface area contributed by atoms with Gasteiger partial charge in [0.15, 0.2) is 0 Å². The first-order valence-corrected chi connectivity index (χ1v) is 8.20. The number of halogens is 14. The fraction of sp³-hybridized carbons (Fsp3) is 0.429. The van der Waals surface area contributed by atoms with Crippen molar-refractivity contribution in [1.29, 1.82) is 0 Å². The number of nitrogens with zero attached hydrogens (tertiary/aromatic N) is 2. The van der Waals surface area contributed by atoms with E-state index in [1.165, 1.54) is 6.07 Å². The van der Waals surface area contributed by atoms with Crippen LogP contribution in [-0.2, 0) is 5.92 Å². The molecule has 0 bridgehead atoms. The molecule has 168 valence electrons. The summed E-state index contributed by atoms with van der Waals surface area (Å²) >= 11 is 0.804. The van der Waals surface area contributed by atoms with Gasteiger partial charge < -0.3 is 0 Å². The Hall–Kier alpha value is -1.62. The summed E-state index contributed by atoms with van der Waals surface area (Å²) in [5.41, 5.74) is -3.14. The Labute approximate surface area is 170 Å². The van der Waals surface area contributed by atoms with Crippen LogP contribution in [0.2, 0.25) is 0 Å². The van der Waals surface area contributed by atoms with Crippen LogP contribution in [0, 0.1) is 3.70 Å². The van der Waals surface area contributed by atoms with Crippen molar-refractivity contribution in [3.63, 3.8) is 0 Å². The van der Waals surface area contributed by atoms with Crippen molar-refractivity contribution in [3.05, 3.63) is 33.7 Å². The van der Waals surface area contributed by atoms with Gasteiger partial charge in [-0.15, -0.1) is 0 Å². The third-order valence-electron chi connectivity index (χ3n) is 3.76. The Morgan fingerprint density at radius 1 is 0.567 bits per heavy atom. The zero-order valence-corrected chi connectivity index (χ0v) is 15.7. The molecule has 0 saturated carbocycles. The average molecular weight is 574 g/mol. The van der Waals surface area contributed by atoms with Gasteiger partial charge in [-0.2, -0.15) is 57.1 Å². The van der Waals surface area contributed by atoms with Gasteiger partial charge in [0.1, 0.15) is 9.39 Å². The largest absolute Gasteiger partial charge is 0.460 e. The van der Waals surface area contributed by atoms with E-state index in [0.29, 0.717) is 0 Å². The van der Waals surface area contributed by atoms with E-state index in [4.69, 9.17) is 0 Å². The minimum Gasteiger partial charge on any atom is -0.242 e. The van der Waals surface area contributed by atoms with Crippen molar-refractivity contribution in [1.82, 2.24) is 9.97 Å². The van der Waals surface area contributed by atoms with Crippen molar-refractivity contribution >= 4 is 33.6 Å². The van der Waals surface area contributed by atoms with Crippen LogP contribution >= 0.6 is 22.6 Å². The van der Waals surface area contributed by atoms with E-state index in [2.05, 4.69) is 9.97 Å². The summed E-state index contributed by atoms with van der Waals surface area (Å²) in [6.07, 6.45) is -7.46. The Morgan fingerprint density at radius 2 is 0.967 bits per heavy atom. The maximum atomic E-state index is 14.2. The molecule has 0 N–H and O–H groups in total. The normalized spacial score (nSPS) is 15.0. The molecule has 0 aliphatic rings. The zero-order chi connectivity index (χ0) is 23.6. The van der Waals surface area contributed by atoms with E-state index >= 15 is 0 Å². The second-order valence-electron chi connectivity index (χ2n) is 5.72. The summed E-state index contributed by atoms with van der Waals surface area (Å²) in [4.78, 5) is 6.27. The van der Waals surface area contributed by atoms with Gasteiger partial charge in [-0.05, 0) is 34.7 Å². The van der Waals surface area contributed by atoms with Gasteiger partial charge in [-0.1, -0.05) is 12.1 Å². The predicted molar refractivity (Wildman–Crippen MR) is 82.0 cm³/mol. The van der Waals surface area contributed by atoms with Crippen molar-refractivity contribution < 1.29 is 57.1 Å². The highest BCUT2D eigenvalue weighted by molar-refractivity contribution is 14.1. The maximum Gasteiger partial charge on any atom is 0.460 e. The number of benzene rings is 1. The Morgan fingerprint density at radius 3 is 1.40 bits per heavy atom. The molecule has 0 atom stereocenters. The summed E-state index contributed by atoms with van der Waals surface area (Å²) in [5.74, 6) is -37.5. The molecule has 0 aliphatic carbocycles. The highest BCUT2D eigenvalue weighted by atomic mass is 127. The molecule has 0 fully saturated rings. The molecule has 1 heterocycles. The number of hydrogen-bond donors (Lipinski definition) is 0. The fourth-order valence-corrected chi connectivity index (χ4v) is 2.82. The SMILES string of the molecule is FC(F)(F)C(F)(F)C(F)(F)C(F)(F)C(F)(F)C(F)(F)c1nc2ccccc2nc1I. The topological polar surface area (TPSA) is 25.8 Å². The molecular formula is C14H4F13IN2. The van der Waals surface area contributed by atoms with Gasteiger partial charge in [0.25, 0.3) is 0 Å². The highest BCUT2D eigenvalue weighted by Crippen LogP contribution is 2.62. The molecule has 30 heavy (non-hydrogen) atoms. The molecule has 0 amide bonds. The minimum absolute atomic E-state index is 0.217. The van der Waals surface area contributed by atoms with Crippen LogP contribution in [0.25, 0.3) is 11.0 Å². The van der Waals surface area contributed by atoms with Crippen molar-refractivity contribution in [2.75, 3.05) is 0 Å². The van der Waals surface area contributed by atoms with Crippen molar-refractivity contribution in [3.8, 4) is 0 Å². The summed E-state index contributed by atoms with van der Waals surface area (Å²) in [7, 11) is 0. The molecule has 2 aromatic rings. The van der Waals surface area contributed by atoms with Gasteiger partial charge in [-0.3, -0.25) is 0 Å². The van der Waals surface area contributed by atoms with Gasteiger partial charge in [0.2, 0.25) is 0 Å². The highest BCUT2D eigenvalue weighted by Gasteiger charge is 2.91. The smallest absolute Gasteiger partial charge is 0.242 e. The predicted octanol–water partition coefficient (Wildman–Crippen LogP) is 6.43. The molecular weight excluding hydrogens is 570 g/mol. The molecule has 2 nitrogen and oxygen atoms in total. The lowest BCUT2D eigenvalue weighted by atomic mass is 9.92. The molecule has 16 heteroatoms. The molecule has 0 radical (unpaired) electrons. The number of fused-ring (bicyclic) bond motifs is 1. The van der Waals surface area contributed by atoms with Crippen molar-refractivity contribution in [2.45, 2.75) is 35.8 Å². The first-order valence-electron chi connectivity index (χ1n) is 7.12. The summed E-state index contributed by atoms with van der Waals surface area (Å²) < 4.78 is 171. The standard InChI is InChI=1S/C14H4F13IN2/c15-9(16,7-8(28)30-6-4-2-1-3-5(6)29-7)10(17,18)11(19,20)12(21,22)13(23,24)14(25,26)27/h1-4H. The van der Waals surface area contributed by atoms with Crippen LogP contribution in [0.15, 0.2) is 24.3 Å². The fourth-order valence-electron chi connectivity index (χ4n) is 2.10. The first kappa shape index (κ1) is 24.6. The molecule has 0 saturated heterocycles. The average Bonchev–Trinajstić information content (AvgIpc) is 2.59. The third kappa shape index (κ3) is 3.24. The second kappa shape index (κ2) is 6.94. The number of aromatic nitrogens is 2. The zero-order valence-electron chi connectivity index (χ0n) is 13.5. The van der Waals surface area contributed by atoms with Crippen LogP contribution in [0.1, 0.15) is 5.69 Å². The van der Waals surface area contributed by atoms with Crippen LogP contribution < -0.4 is 0 Å². The van der Waals surface area contributed by atoms with Gasteiger partial charge in [0, 0.05) is 0 Å². The lowest BCUT2D eigenvalue weighted by Gasteiger charge is -2.39. The number of alkyl halides is 13. The Bertz CT molecular complexity index is 954. The molecule has 1 aromatic heterocycles. The van der Waals surface area contributed by atoms with Gasteiger partial charge in [-0.25, -0.2) is 9.97 Å². The Balaban J connectivity index is 2.70. The molecule has 0 spiro atoms. The van der Waals surface area contributed by atoms with E-state index < -0.39 is 50.7 Å². The number of rotatable bonds is 5. The number of hydrogen-bond acceptors (Lipinski definition) is 2.